The highest BCUT2D eigenvalue weighted by atomic mass is 127. The molecule has 0 radical (unpaired) electrons. The Morgan fingerprint density at radius 2 is 2.15 bits per heavy atom. The molecule has 1 aromatic carbocycles. The van der Waals surface area contributed by atoms with Gasteiger partial charge in [-0.05, 0) is 49.9 Å². The Labute approximate surface area is 171 Å². The quantitative estimate of drug-likeness (QED) is 0.374. The minimum Gasteiger partial charge on any atom is -0.489 e. The van der Waals surface area contributed by atoms with Crippen LogP contribution in [0.4, 0.5) is 4.39 Å². The minimum absolute atomic E-state index is 0. The number of carbonyl (C=O) groups excluding carboxylic acids is 1. The lowest BCUT2D eigenvalue weighted by atomic mass is 9.95. The number of nitrogens with zero attached hydrogens (tertiary/aromatic N) is 2. The van der Waals surface area contributed by atoms with E-state index in [1.54, 1.807) is 19.2 Å². The van der Waals surface area contributed by atoms with Crippen LogP contribution in [0.3, 0.4) is 0 Å². The number of piperidine rings is 1. The van der Waals surface area contributed by atoms with Crippen molar-refractivity contribution in [3.63, 3.8) is 0 Å². The number of hydrogen-bond donors (Lipinski definition) is 2. The molecule has 6 nitrogen and oxygen atoms in total. The summed E-state index contributed by atoms with van der Waals surface area (Å²) in [5.41, 5.74) is 5.32. The lowest BCUT2D eigenvalue weighted by molar-refractivity contribution is -0.119. The van der Waals surface area contributed by atoms with Crippen LogP contribution < -0.4 is 15.8 Å². The van der Waals surface area contributed by atoms with Gasteiger partial charge in [-0.15, -0.1) is 24.0 Å². The van der Waals surface area contributed by atoms with Gasteiger partial charge in [-0.3, -0.25) is 9.79 Å². The summed E-state index contributed by atoms with van der Waals surface area (Å²) in [4.78, 5) is 17.6. The summed E-state index contributed by atoms with van der Waals surface area (Å²) in [5.74, 6) is 1.16. The van der Waals surface area contributed by atoms with E-state index in [9.17, 15) is 9.18 Å². The van der Waals surface area contributed by atoms with E-state index < -0.39 is 0 Å². The highest BCUT2D eigenvalue weighted by Gasteiger charge is 2.23. The summed E-state index contributed by atoms with van der Waals surface area (Å²) < 4.78 is 18.7. The molecule has 1 amide bonds. The fourth-order valence-electron chi connectivity index (χ4n) is 3.06. The van der Waals surface area contributed by atoms with E-state index in [4.69, 9.17) is 10.5 Å². The van der Waals surface area contributed by atoms with E-state index in [2.05, 4.69) is 15.2 Å². The van der Waals surface area contributed by atoms with Crippen LogP contribution in [0.25, 0.3) is 0 Å². The third kappa shape index (κ3) is 7.35. The van der Waals surface area contributed by atoms with Crippen molar-refractivity contribution in [3.05, 3.63) is 30.1 Å². The molecule has 8 heteroatoms. The molecule has 0 aliphatic carbocycles. The molecular formula is C18H28FIN4O2. The van der Waals surface area contributed by atoms with Gasteiger partial charge in [0, 0.05) is 26.6 Å². The van der Waals surface area contributed by atoms with Gasteiger partial charge in [0.25, 0.3) is 0 Å². The lowest BCUT2D eigenvalue weighted by Crippen LogP contribution is -2.49. The highest BCUT2D eigenvalue weighted by Crippen LogP contribution is 2.19. The first-order valence-electron chi connectivity index (χ1n) is 8.64. The van der Waals surface area contributed by atoms with Crippen LogP contribution in [0.5, 0.6) is 5.75 Å². The molecule has 2 unspecified atom stereocenters. The zero-order chi connectivity index (χ0) is 18.2. The predicted molar refractivity (Wildman–Crippen MR) is 111 cm³/mol. The average molecular weight is 478 g/mol. The molecule has 1 aliphatic heterocycles. The third-order valence-corrected chi connectivity index (χ3v) is 4.22. The molecule has 3 N–H and O–H groups in total. The Balaban J connectivity index is 0.00000338. The number of aliphatic imine (C=N–C) groups is 1. The Morgan fingerprint density at radius 1 is 1.46 bits per heavy atom. The summed E-state index contributed by atoms with van der Waals surface area (Å²) in [6.07, 6.45) is 2.34. The summed E-state index contributed by atoms with van der Waals surface area (Å²) in [6.45, 7) is 4.19. The standard InChI is InChI=1S/C18H27FN4O2.HI/c1-13(25-16-7-5-15(19)6-8-16)11-22-18(21-2)23-9-3-4-14(12-23)10-17(20)24;/h5-8,13-14H,3-4,9-12H2,1-2H3,(H2,20,24)(H,21,22);1H. The maximum Gasteiger partial charge on any atom is 0.217 e. The molecular weight excluding hydrogens is 450 g/mol. The summed E-state index contributed by atoms with van der Waals surface area (Å²) in [6, 6.07) is 5.97. The Bertz CT molecular complexity index is 597. The monoisotopic (exact) mass is 478 g/mol. The van der Waals surface area contributed by atoms with E-state index in [1.807, 2.05) is 6.92 Å². The number of benzene rings is 1. The van der Waals surface area contributed by atoms with E-state index in [0.717, 1.165) is 31.9 Å². The number of halogens is 2. The predicted octanol–water partition coefficient (Wildman–Crippen LogP) is 2.37. The smallest absolute Gasteiger partial charge is 0.217 e. The number of nitrogens with two attached hydrogens (primary N) is 1. The number of guanidine groups is 1. The number of primary amides is 1. The van der Waals surface area contributed by atoms with Crippen molar-refractivity contribution in [2.45, 2.75) is 32.3 Å². The summed E-state index contributed by atoms with van der Waals surface area (Å²) in [5, 5.41) is 3.31. The molecule has 1 saturated heterocycles. The molecule has 1 fully saturated rings. The van der Waals surface area contributed by atoms with Gasteiger partial charge >= 0.3 is 0 Å². The number of rotatable bonds is 6. The SMILES string of the molecule is CN=C(NCC(C)Oc1ccc(F)cc1)N1CCCC(CC(N)=O)C1.I. The fourth-order valence-corrected chi connectivity index (χ4v) is 3.06. The van der Waals surface area contributed by atoms with Crippen LogP contribution in [0.15, 0.2) is 29.3 Å². The van der Waals surface area contributed by atoms with Gasteiger partial charge in [-0.1, -0.05) is 0 Å². The van der Waals surface area contributed by atoms with Gasteiger partial charge in [0.1, 0.15) is 17.7 Å². The van der Waals surface area contributed by atoms with Gasteiger partial charge in [-0.25, -0.2) is 4.39 Å². The van der Waals surface area contributed by atoms with Crippen molar-refractivity contribution in [3.8, 4) is 5.75 Å². The molecule has 1 aromatic rings. The van der Waals surface area contributed by atoms with Crippen LogP contribution in [0, 0.1) is 11.7 Å². The number of carbonyl (C=O) groups is 1. The number of nitrogens with one attached hydrogen (secondary N) is 1. The molecule has 1 aliphatic rings. The highest BCUT2D eigenvalue weighted by molar-refractivity contribution is 14.0. The van der Waals surface area contributed by atoms with Gasteiger partial charge in [0.15, 0.2) is 5.96 Å². The second-order valence-corrected chi connectivity index (χ2v) is 6.44. The van der Waals surface area contributed by atoms with E-state index in [-0.39, 0.29) is 47.7 Å². The first-order valence-corrected chi connectivity index (χ1v) is 8.64. The van der Waals surface area contributed by atoms with Crippen molar-refractivity contribution >= 4 is 35.8 Å². The molecule has 1 heterocycles. The number of likely N-dealkylation sites (tertiary alicyclic amines) is 1. The minimum atomic E-state index is -0.283. The van der Waals surface area contributed by atoms with Crippen LogP contribution in [-0.4, -0.2) is 49.6 Å². The lowest BCUT2D eigenvalue weighted by Gasteiger charge is -2.35. The van der Waals surface area contributed by atoms with Crippen molar-refractivity contribution in [1.29, 1.82) is 0 Å². The second-order valence-electron chi connectivity index (χ2n) is 6.44. The van der Waals surface area contributed by atoms with Gasteiger partial charge in [0.05, 0.1) is 6.54 Å². The summed E-state index contributed by atoms with van der Waals surface area (Å²) >= 11 is 0. The largest absolute Gasteiger partial charge is 0.489 e. The Kier molecular flexibility index (Phi) is 9.68. The second kappa shape index (κ2) is 11.2. The molecule has 0 bridgehead atoms. The van der Waals surface area contributed by atoms with Crippen LogP contribution in [-0.2, 0) is 4.79 Å². The molecule has 0 spiro atoms. The van der Waals surface area contributed by atoms with Crippen molar-refractivity contribution in [2.75, 3.05) is 26.7 Å². The molecule has 2 rings (SSSR count). The normalized spacial score (nSPS) is 18.7. The zero-order valence-corrected chi connectivity index (χ0v) is 17.6. The van der Waals surface area contributed by atoms with E-state index >= 15 is 0 Å². The van der Waals surface area contributed by atoms with E-state index in [1.165, 1.54) is 12.1 Å². The first-order chi connectivity index (χ1) is 12.0. The van der Waals surface area contributed by atoms with Crippen LogP contribution in [0.2, 0.25) is 0 Å². The van der Waals surface area contributed by atoms with Gasteiger partial charge < -0.3 is 20.7 Å². The van der Waals surface area contributed by atoms with Crippen molar-refractivity contribution in [2.24, 2.45) is 16.6 Å². The first kappa shape index (κ1) is 22.5. The van der Waals surface area contributed by atoms with Crippen LogP contribution in [0.1, 0.15) is 26.2 Å². The molecule has 2 atom stereocenters. The Morgan fingerprint density at radius 3 is 2.77 bits per heavy atom. The third-order valence-electron chi connectivity index (χ3n) is 4.22. The summed E-state index contributed by atoms with van der Waals surface area (Å²) in [7, 11) is 1.74. The topological polar surface area (TPSA) is 80.0 Å². The molecule has 146 valence electrons. The average Bonchev–Trinajstić information content (AvgIpc) is 2.57. The Hall–Kier alpha value is -1.58. The molecule has 0 saturated carbocycles. The van der Waals surface area contributed by atoms with Crippen molar-refractivity contribution < 1.29 is 13.9 Å². The molecule has 26 heavy (non-hydrogen) atoms. The van der Waals surface area contributed by atoms with Gasteiger partial charge in [0.2, 0.25) is 5.91 Å². The number of amides is 1. The van der Waals surface area contributed by atoms with Crippen molar-refractivity contribution in [1.82, 2.24) is 10.2 Å². The van der Waals surface area contributed by atoms with E-state index in [0.29, 0.717) is 18.7 Å². The van der Waals surface area contributed by atoms with Crippen LogP contribution >= 0.6 is 24.0 Å². The fraction of sp³-hybridized carbons (Fsp3) is 0.556. The number of ether oxygens (including phenoxy) is 1. The number of hydrogen-bond acceptors (Lipinski definition) is 3. The van der Waals surface area contributed by atoms with Gasteiger partial charge in [-0.2, -0.15) is 0 Å². The molecule has 0 aromatic heterocycles. The maximum atomic E-state index is 12.9. The maximum absolute atomic E-state index is 12.9. The zero-order valence-electron chi connectivity index (χ0n) is 15.3.